The number of carbonyl (C=O) groups is 2. The summed E-state index contributed by atoms with van der Waals surface area (Å²) in [6, 6.07) is 0.568. The summed E-state index contributed by atoms with van der Waals surface area (Å²) in [5.74, 6) is 0. The van der Waals surface area contributed by atoms with Crippen molar-refractivity contribution in [1.82, 2.24) is 20.9 Å². The third-order valence-corrected chi connectivity index (χ3v) is 7.60. The highest BCUT2D eigenvalue weighted by atomic mass is 28.4. The molecule has 0 aromatic rings. The molecule has 0 aromatic carbocycles. The number of nitrogens with zero attached hydrogens (tertiary/aromatic N) is 1. The second-order valence-electron chi connectivity index (χ2n) is 7.21. The van der Waals surface area contributed by atoms with Gasteiger partial charge in [-0.05, 0) is 45.7 Å². The van der Waals surface area contributed by atoms with Gasteiger partial charge in [0.05, 0.1) is 0 Å². The van der Waals surface area contributed by atoms with Crippen LogP contribution < -0.4 is 16.0 Å². The van der Waals surface area contributed by atoms with Crippen molar-refractivity contribution in [2.45, 2.75) is 72.4 Å². The first-order valence-corrected chi connectivity index (χ1v) is 13.8. The summed E-state index contributed by atoms with van der Waals surface area (Å²) in [5, 5.41) is 8.62. The number of carbonyl (C=O) groups excluding carboxylic acids is 2. The van der Waals surface area contributed by atoms with E-state index in [1.165, 1.54) is 0 Å². The largest absolute Gasteiger partial charge is 0.395 e. The van der Waals surface area contributed by atoms with Crippen molar-refractivity contribution in [2.75, 3.05) is 45.9 Å². The zero-order chi connectivity index (χ0) is 22.0. The van der Waals surface area contributed by atoms with E-state index in [0.29, 0.717) is 45.9 Å². The number of nitrogens with one attached hydrogen (secondary N) is 3. The molecule has 0 atom stereocenters. The van der Waals surface area contributed by atoms with Gasteiger partial charge in [-0.15, -0.1) is 0 Å². The fourth-order valence-electron chi connectivity index (χ4n) is 2.93. The minimum atomic E-state index is -2.19. The molecule has 0 aromatic heterocycles. The van der Waals surface area contributed by atoms with Crippen LogP contribution in [0.3, 0.4) is 0 Å². The quantitative estimate of drug-likeness (QED) is 0.242. The van der Waals surface area contributed by atoms with Gasteiger partial charge in [0, 0.05) is 45.9 Å². The Morgan fingerprint density at radius 2 is 1.34 bits per heavy atom. The van der Waals surface area contributed by atoms with Crippen LogP contribution in [0.1, 0.15) is 59.8 Å². The van der Waals surface area contributed by atoms with E-state index in [9.17, 15) is 9.59 Å². The van der Waals surface area contributed by atoms with Crippen molar-refractivity contribution in [3.8, 4) is 0 Å². The Bertz CT molecular complexity index is 435. The highest BCUT2D eigenvalue weighted by molar-refractivity contribution is 6.66. The number of hydrogen-bond acceptors (Lipinski definition) is 4. The van der Waals surface area contributed by atoms with Gasteiger partial charge in [-0.2, -0.15) is 0 Å². The van der Waals surface area contributed by atoms with Crippen molar-refractivity contribution >= 4 is 20.6 Å². The molecule has 0 aliphatic carbocycles. The molecule has 29 heavy (non-hydrogen) atoms. The maximum absolute atomic E-state index is 12.5. The first-order valence-electron chi connectivity index (χ1n) is 11.2. The Balaban J connectivity index is 4.56. The van der Waals surface area contributed by atoms with Gasteiger partial charge in [0.25, 0.3) is 0 Å². The third-order valence-electron chi connectivity index (χ3n) is 4.54. The smallest absolute Gasteiger partial charge is 0.334 e. The predicted octanol–water partition coefficient (Wildman–Crippen LogP) is 3.43. The first-order chi connectivity index (χ1) is 13.9. The molecular weight excluding hydrogens is 388 g/mol. The highest BCUT2D eigenvalue weighted by Gasteiger charge is 2.30. The van der Waals surface area contributed by atoms with Gasteiger partial charge < -0.3 is 29.7 Å². The second kappa shape index (κ2) is 17.5. The normalized spacial score (nSPS) is 11.2. The SMILES string of the molecule is CCCCNC(=O)NCCN(CCC[Si](C)(OCC)OCC)C(=O)NCCCC. The van der Waals surface area contributed by atoms with Crippen LogP contribution in [0.25, 0.3) is 0 Å². The summed E-state index contributed by atoms with van der Waals surface area (Å²) in [4.78, 5) is 26.1. The van der Waals surface area contributed by atoms with E-state index in [2.05, 4.69) is 36.3 Å². The molecule has 0 radical (unpaired) electrons. The van der Waals surface area contributed by atoms with Gasteiger partial charge in [0.15, 0.2) is 0 Å². The van der Waals surface area contributed by atoms with Gasteiger partial charge in [-0.1, -0.05) is 26.7 Å². The number of urea groups is 2. The molecule has 0 heterocycles. The molecule has 9 heteroatoms. The Labute approximate surface area is 178 Å². The van der Waals surface area contributed by atoms with Crippen molar-refractivity contribution in [3.05, 3.63) is 0 Å². The van der Waals surface area contributed by atoms with Crippen LogP contribution in [0.2, 0.25) is 12.6 Å². The molecule has 3 N–H and O–H groups in total. The summed E-state index contributed by atoms with van der Waals surface area (Å²) in [6.45, 7) is 14.3. The highest BCUT2D eigenvalue weighted by Crippen LogP contribution is 2.16. The van der Waals surface area contributed by atoms with Crippen LogP contribution in [-0.2, 0) is 8.85 Å². The second-order valence-corrected chi connectivity index (χ2v) is 10.6. The molecule has 0 spiro atoms. The summed E-state index contributed by atoms with van der Waals surface area (Å²) in [6.07, 6.45) is 4.80. The molecule has 8 nitrogen and oxygen atoms in total. The van der Waals surface area contributed by atoms with Gasteiger partial charge >= 0.3 is 20.6 Å². The van der Waals surface area contributed by atoms with Crippen LogP contribution in [0, 0.1) is 0 Å². The van der Waals surface area contributed by atoms with Crippen LogP contribution in [0.4, 0.5) is 9.59 Å². The molecule has 0 rings (SSSR count). The lowest BCUT2D eigenvalue weighted by atomic mass is 10.3. The summed E-state index contributed by atoms with van der Waals surface area (Å²) >= 11 is 0. The third kappa shape index (κ3) is 14.3. The summed E-state index contributed by atoms with van der Waals surface area (Å²) < 4.78 is 11.8. The Kier molecular flexibility index (Phi) is 16.7. The number of unbranched alkanes of at least 4 members (excludes halogenated alkanes) is 2. The van der Waals surface area contributed by atoms with Crippen LogP contribution in [0.15, 0.2) is 0 Å². The zero-order valence-electron chi connectivity index (χ0n) is 19.3. The topological polar surface area (TPSA) is 91.9 Å². The Morgan fingerprint density at radius 1 is 0.793 bits per heavy atom. The van der Waals surface area contributed by atoms with Crippen molar-refractivity contribution in [1.29, 1.82) is 0 Å². The van der Waals surface area contributed by atoms with Crippen molar-refractivity contribution < 1.29 is 18.4 Å². The van der Waals surface area contributed by atoms with Crippen LogP contribution in [-0.4, -0.2) is 71.5 Å². The van der Waals surface area contributed by atoms with E-state index in [1.807, 2.05) is 13.8 Å². The molecule has 172 valence electrons. The summed E-state index contributed by atoms with van der Waals surface area (Å²) in [7, 11) is -2.19. The summed E-state index contributed by atoms with van der Waals surface area (Å²) in [5.41, 5.74) is 0. The standard InChI is InChI=1S/C20H44N4O4Si/c1-6-10-13-21-19(25)22-15-17-24(20(26)23-14-11-7-2)16-12-18-29(5,27-8-3)28-9-4/h6-18H2,1-5H3,(H,23,26)(H2,21,22,25). The average Bonchev–Trinajstić information content (AvgIpc) is 2.67. The Hall–Kier alpha value is -1.32. The molecule has 0 aliphatic rings. The van der Waals surface area contributed by atoms with E-state index in [1.54, 1.807) is 4.90 Å². The van der Waals surface area contributed by atoms with Gasteiger partial charge in [0.2, 0.25) is 0 Å². The van der Waals surface area contributed by atoms with E-state index in [0.717, 1.165) is 38.1 Å². The molecule has 0 saturated carbocycles. The van der Waals surface area contributed by atoms with Crippen molar-refractivity contribution in [3.63, 3.8) is 0 Å². The van der Waals surface area contributed by atoms with Crippen LogP contribution in [0.5, 0.6) is 0 Å². The number of amides is 4. The lowest BCUT2D eigenvalue weighted by Gasteiger charge is -2.28. The van der Waals surface area contributed by atoms with Gasteiger partial charge in [-0.3, -0.25) is 0 Å². The molecule has 0 saturated heterocycles. The van der Waals surface area contributed by atoms with Gasteiger partial charge in [-0.25, -0.2) is 9.59 Å². The minimum Gasteiger partial charge on any atom is -0.395 e. The van der Waals surface area contributed by atoms with E-state index >= 15 is 0 Å². The van der Waals surface area contributed by atoms with E-state index in [4.69, 9.17) is 8.85 Å². The predicted molar refractivity (Wildman–Crippen MR) is 120 cm³/mol. The molecule has 0 bridgehead atoms. The van der Waals surface area contributed by atoms with Crippen LogP contribution >= 0.6 is 0 Å². The lowest BCUT2D eigenvalue weighted by Crippen LogP contribution is -2.47. The maximum atomic E-state index is 12.5. The number of rotatable bonds is 17. The molecule has 0 fully saturated rings. The van der Waals surface area contributed by atoms with E-state index < -0.39 is 8.56 Å². The fourth-order valence-corrected chi connectivity index (χ4v) is 5.33. The van der Waals surface area contributed by atoms with Gasteiger partial charge in [0.1, 0.15) is 0 Å². The maximum Gasteiger partial charge on any atom is 0.334 e. The minimum absolute atomic E-state index is 0.0807. The zero-order valence-corrected chi connectivity index (χ0v) is 20.3. The molecule has 0 unspecified atom stereocenters. The van der Waals surface area contributed by atoms with Crippen molar-refractivity contribution in [2.24, 2.45) is 0 Å². The molecule has 4 amide bonds. The fraction of sp³-hybridized carbons (Fsp3) is 0.900. The lowest BCUT2D eigenvalue weighted by molar-refractivity contribution is 0.182. The number of hydrogen-bond donors (Lipinski definition) is 3. The van der Waals surface area contributed by atoms with E-state index in [-0.39, 0.29) is 12.1 Å². The monoisotopic (exact) mass is 432 g/mol. The first kappa shape index (κ1) is 27.7. The molecular formula is C20H44N4O4Si. The Morgan fingerprint density at radius 3 is 1.90 bits per heavy atom. The average molecular weight is 433 g/mol. The molecule has 0 aliphatic heterocycles.